The monoisotopic (exact) mass is 261 g/mol. The van der Waals surface area contributed by atoms with E-state index in [-0.39, 0.29) is 5.91 Å². The third kappa shape index (κ3) is 2.76. The number of hydrogen-bond donors (Lipinski definition) is 1. The van der Waals surface area contributed by atoms with E-state index in [4.69, 9.17) is 4.42 Å². The van der Waals surface area contributed by atoms with Gasteiger partial charge in [-0.15, -0.1) is 12.6 Å². The summed E-state index contributed by atoms with van der Waals surface area (Å²) in [5, 5.41) is 0. The first-order valence-electron chi connectivity index (χ1n) is 5.65. The zero-order valence-electron chi connectivity index (χ0n) is 10.4. The highest BCUT2D eigenvalue weighted by Crippen LogP contribution is 2.16. The molecule has 0 fully saturated rings. The lowest BCUT2D eigenvalue weighted by Gasteiger charge is -2.17. The van der Waals surface area contributed by atoms with Gasteiger partial charge in [0.1, 0.15) is 5.76 Å². The number of carbonyl (C=O) groups is 1. The molecule has 3 nitrogen and oxygen atoms in total. The highest BCUT2D eigenvalue weighted by molar-refractivity contribution is 7.80. The fourth-order valence-electron chi connectivity index (χ4n) is 1.75. The molecule has 0 radical (unpaired) electrons. The van der Waals surface area contributed by atoms with Gasteiger partial charge >= 0.3 is 0 Å². The summed E-state index contributed by atoms with van der Waals surface area (Å²) in [6.45, 7) is 2.38. The average Bonchev–Trinajstić information content (AvgIpc) is 2.84. The van der Waals surface area contributed by atoms with Crippen LogP contribution in [0.5, 0.6) is 0 Å². The van der Waals surface area contributed by atoms with Crippen LogP contribution in [-0.2, 0) is 6.54 Å². The van der Waals surface area contributed by atoms with Gasteiger partial charge in [0.25, 0.3) is 5.91 Å². The Balaban J connectivity index is 2.17. The van der Waals surface area contributed by atoms with Crippen LogP contribution in [0.2, 0.25) is 0 Å². The Kier molecular flexibility index (Phi) is 3.77. The van der Waals surface area contributed by atoms with Gasteiger partial charge in [0.05, 0.1) is 12.8 Å². The Morgan fingerprint density at radius 1 is 1.39 bits per heavy atom. The minimum atomic E-state index is -0.0280. The number of hydrogen-bond acceptors (Lipinski definition) is 3. The summed E-state index contributed by atoms with van der Waals surface area (Å²) >= 11 is 4.26. The van der Waals surface area contributed by atoms with Crippen LogP contribution in [0.25, 0.3) is 0 Å². The van der Waals surface area contributed by atoms with E-state index < -0.39 is 0 Å². The van der Waals surface area contributed by atoms with Crippen LogP contribution in [0, 0.1) is 6.92 Å². The normalized spacial score (nSPS) is 10.4. The van der Waals surface area contributed by atoms with Crippen molar-refractivity contribution in [3.8, 4) is 0 Å². The topological polar surface area (TPSA) is 33.5 Å². The number of thiol groups is 1. The van der Waals surface area contributed by atoms with E-state index >= 15 is 0 Å². The van der Waals surface area contributed by atoms with Crippen LogP contribution in [0.15, 0.2) is 45.9 Å². The van der Waals surface area contributed by atoms with Gasteiger partial charge in [-0.3, -0.25) is 4.79 Å². The van der Waals surface area contributed by atoms with E-state index in [2.05, 4.69) is 12.6 Å². The predicted molar refractivity (Wildman–Crippen MR) is 72.9 cm³/mol. The van der Waals surface area contributed by atoms with Gasteiger partial charge < -0.3 is 9.32 Å². The first-order valence-corrected chi connectivity index (χ1v) is 6.10. The lowest BCUT2D eigenvalue weighted by molar-refractivity contribution is 0.0774. The molecule has 0 saturated carbocycles. The molecule has 0 spiro atoms. The van der Waals surface area contributed by atoms with Crippen LogP contribution in [0.4, 0.5) is 0 Å². The third-order valence-electron chi connectivity index (χ3n) is 2.77. The number of aryl methyl sites for hydroxylation is 1. The predicted octanol–water partition coefficient (Wildman–Crippen LogP) is 3.15. The SMILES string of the molecule is Cc1ccc(S)cc1C(=O)N(C)Cc1ccco1. The molecule has 0 unspecified atom stereocenters. The minimum Gasteiger partial charge on any atom is -0.467 e. The van der Waals surface area contributed by atoms with E-state index in [0.717, 1.165) is 16.2 Å². The molecule has 1 heterocycles. The Morgan fingerprint density at radius 3 is 2.83 bits per heavy atom. The quantitative estimate of drug-likeness (QED) is 0.861. The van der Waals surface area contributed by atoms with E-state index in [0.29, 0.717) is 12.1 Å². The first-order chi connectivity index (χ1) is 8.58. The van der Waals surface area contributed by atoms with Gasteiger partial charge in [-0.25, -0.2) is 0 Å². The summed E-state index contributed by atoms with van der Waals surface area (Å²) in [4.78, 5) is 14.7. The molecule has 0 atom stereocenters. The summed E-state index contributed by atoms with van der Waals surface area (Å²) < 4.78 is 5.24. The fourth-order valence-corrected chi connectivity index (χ4v) is 1.96. The van der Waals surface area contributed by atoms with Crippen LogP contribution in [-0.4, -0.2) is 17.9 Å². The van der Waals surface area contributed by atoms with Crippen LogP contribution in [0.3, 0.4) is 0 Å². The van der Waals surface area contributed by atoms with Crippen molar-refractivity contribution in [2.75, 3.05) is 7.05 Å². The summed E-state index contributed by atoms with van der Waals surface area (Å²) in [5.74, 6) is 0.741. The standard InChI is InChI=1S/C14H15NO2S/c1-10-5-6-12(18)8-13(10)14(16)15(2)9-11-4-3-7-17-11/h3-8,18H,9H2,1-2H3. The molecular formula is C14H15NO2S. The van der Waals surface area contributed by atoms with Crippen molar-refractivity contribution < 1.29 is 9.21 Å². The molecule has 0 N–H and O–H groups in total. The maximum absolute atomic E-state index is 12.3. The maximum atomic E-state index is 12.3. The Hall–Kier alpha value is -1.68. The van der Waals surface area contributed by atoms with Gasteiger partial charge in [0.15, 0.2) is 0 Å². The number of furan rings is 1. The smallest absolute Gasteiger partial charge is 0.254 e. The Morgan fingerprint density at radius 2 is 2.17 bits per heavy atom. The molecule has 1 amide bonds. The number of benzene rings is 1. The molecule has 0 aliphatic heterocycles. The summed E-state index contributed by atoms with van der Waals surface area (Å²) in [6.07, 6.45) is 1.60. The summed E-state index contributed by atoms with van der Waals surface area (Å²) in [7, 11) is 1.76. The molecule has 2 aromatic rings. The number of nitrogens with zero attached hydrogens (tertiary/aromatic N) is 1. The molecule has 0 bridgehead atoms. The zero-order chi connectivity index (χ0) is 13.1. The first kappa shape index (κ1) is 12.8. The largest absolute Gasteiger partial charge is 0.467 e. The average molecular weight is 261 g/mol. The molecular weight excluding hydrogens is 246 g/mol. The summed E-state index contributed by atoms with van der Waals surface area (Å²) in [6, 6.07) is 9.23. The Labute approximate surface area is 112 Å². The molecule has 18 heavy (non-hydrogen) atoms. The highest BCUT2D eigenvalue weighted by Gasteiger charge is 2.15. The van der Waals surface area contributed by atoms with Crippen molar-refractivity contribution in [1.29, 1.82) is 0 Å². The van der Waals surface area contributed by atoms with Gasteiger partial charge in [0.2, 0.25) is 0 Å². The lowest BCUT2D eigenvalue weighted by atomic mass is 10.1. The molecule has 1 aromatic heterocycles. The van der Waals surface area contributed by atoms with Crippen LogP contribution in [0.1, 0.15) is 21.7 Å². The van der Waals surface area contributed by atoms with Gasteiger partial charge in [-0.05, 0) is 36.8 Å². The number of rotatable bonds is 3. The van der Waals surface area contributed by atoms with E-state index in [1.54, 1.807) is 24.3 Å². The molecule has 4 heteroatoms. The van der Waals surface area contributed by atoms with Crippen molar-refractivity contribution in [3.63, 3.8) is 0 Å². The molecule has 94 valence electrons. The second kappa shape index (κ2) is 5.31. The Bertz CT molecular complexity index is 549. The lowest BCUT2D eigenvalue weighted by Crippen LogP contribution is -2.26. The second-order valence-corrected chi connectivity index (χ2v) is 4.76. The molecule has 0 saturated heterocycles. The number of carbonyl (C=O) groups excluding carboxylic acids is 1. The van der Waals surface area contributed by atoms with Gasteiger partial charge in [0, 0.05) is 17.5 Å². The van der Waals surface area contributed by atoms with Gasteiger partial charge in [-0.2, -0.15) is 0 Å². The van der Waals surface area contributed by atoms with Crippen molar-refractivity contribution in [2.24, 2.45) is 0 Å². The van der Waals surface area contributed by atoms with E-state index in [9.17, 15) is 4.79 Å². The molecule has 0 aliphatic carbocycles. The molecule has 0 aliphatic rings. The van der Waals surface area contributed by atoms with Crippen molar-refractivity contribution in [2.45, 2.75) is 18.4 Å². The maximum Gasteiger partial charge on any atom is 0.254 e. The minimum absolute atomic E-state index is 0.0280. The molecule has 1 aromatic carbocycles. The van der Waals surface area contributed by atoms with Crippen molar-refractivity contribution >= 4 is 18.5 Å². The summed E-state index contributed by atoms with van der Waals surface area (Å²) in [5.41, 5.74) is 1.63. The number of amides is 1. The van der Waals surface area contributed by atoms with Crippen LogP contribution >= 0.6 is 12.6 Å². The fraction of sp³-hybridized carbons (Fsp3) is 0.214. The third-order valence-corrected chi connectivity index (χ3v) is 3.05. The second-order valence-electron chi connectivity index (χ2n) is 4.24. The van der Waals surface area contributed by atoms with Crippen molar-refractivity contribution in [1.82, 2.24) is 4.90 Å². The molecule has 2 rings (SSSR count). The van der Waals surface area contributed by atoms with Crippen LogP contribution < -0.4 is 0 Å². The van der Waals surface area contributed by atoms with Gasteiger partial charge in [-0.1, -0.05) is 6.07 Å². The van der Waals surface area contributed by atoms with E-state index in [1.165, 1.54) is 0 Å². The zero-order valence-corrected chi connectivity index (χ0v) is 11.3. The van der Waals surface area contributed by atoms with E-state index in [1.807, 2.05) is 31.2 Å². The highest BCUT2D eigenvalue weighted by atomic mass is 32.1. The van der Waals surface area contributed by atoms with Crippen molar-refractivity contribution in [3.05, 3.63) is 53.5 Å².